The Morgan fingerprint density at radius 1 is 1.30 bits per heavy atom. The predicted molar refractivity (Wildman–Crippen MR) is 106 cm³/mol. The molecular formula is C20H28F3N3O3S. The van der Waals surface area contributed by atoms with Crippen molar-refractivity contribution in [1.29, 1.82) is 0 Å². The van der Waals surface area contributed by atoms with E-state index in [9.17, 15) is 18.0 Å². The molecule has 0 bridgehead atoms. The zero-order chi connectivity index (χ0) is 21.9. The Kier molecular flexibility index (Phi) is 7.06. The van der Waals surface area contributed by atoms with E-state index in [0.717, 1.165) is 42.4 Å². The van der Waals surface area contributed by atoms with Crippen LogP contribution in [0, 0.1) is 12.8 Å². The molecule has 3 heterocycles. The summed E-state index contributed by atoms with van der Waals surface area (Å²) in [6, 6.07) is 0. The van der Waals surface area contributed by atoms with E-state index in [1.807, 2.05) is 6.92 Å². The summed E-state index contributed by atoms with van der Waals surface area (Å²) in [6.45, 7) is 6.42. The normalized spacial score (nSPS) is 25.2. The van der Waals surface area contributed by atoms with Crippen LogP contribution in [-0.2, 0) is 16.1 Å². The first kappa shape index (κ1) is 23.0. The largest absolute Gasteiger partial charge is 0.490 e. The molecule has 1 N–H and O–H groups in total. The lowest BCUT2D eigenvalue weighted by Crippen LogP contribution is -2.46. The number of hydrogen-bond donors (Lipinski definition) is 1. The lowest BCUT2D eigenvalue weighted by Gasteiger charge is -2.38. The maximum Gasteiger partial charge on any atom is 0.490 e. The van der Waals surface area contributed by atoms with Crippen LogP contribution in [0.2, 0.25) is 0 Å². The summed E-state index contributed by atoms with van der Waals surface area (Å²) in [7, 11) is 0. The molecule has 3 aliphatic rings. The third-order valence-electron chi connectivity index (χ3n) is 6.13. The number of thiazole rings is 1. The van der Waals surface area contributed by atoms with E-state index in [1.54, 1.807) is 11.3 Å². The minimum Gasteiger partial charge on any atom is -0.475 e. The van der Waals surface area contributed by atoms with Gasteiger partial charge in [-0.1, -0.05) is 0 Å². The Morgan fingerprint density at radius 3 is 2.57 bits per heavy atom. The van der Waals surface area contributed by atoms with Crippen molar-refractivity contribution in [2.75, 3.05) is 19.6 Å². The molecule has 2 saturated heterocycles. The van der Waals surface area contributed by atoms with Crippen molar-refractivity contribution >= 4 is 23.2 Å². The lowest BCUT2D eigenvalue weighted by molar-refractivity contribution is -0.192. The van der Waals surface area contributed by atoms with Crippen molar-refractivity contribution in [3.63, 3.8) is 0 Å². The predicted octanol–water partition coefficient (Wildman–Crippen LogP) is 3.84. The van der Waals surface area contributed by atoms with Gasteiger partial charge in [0.05, 0.1) is 17.2 Å². The van der Waals surface area contributed by atoms with Gasteiger partial charge in [-0.25, -0.2) is 9.78 Å². The Hall–Kier alpha value is -1.68. The van der Waals surface area contributed by atoms with Crippen LogP contribution in [0.4, 0.5) is 13.2 Å². The maximum atomic E-state index is 12.5. The summed E-state index contributed by atoms with van der Waals surface area (Å²) in [5.74, 6) is -1.46. The fraction of sp³-hybridized carbons (Fsp3) is 0.750. The third-order valence-corrected chi connectivity index (χ3v) is 6.95. The molecule has 10 heteroatoms. The van der Waals surface area contributed by atoms with E-state index in [-0.39, 0.29) is 5.54 Å². The van der Waals surface area contributed by atoms with E-state index in [4.69, 9.17) is 9.90 Å². The van der Waals surface area contributed by atoms with E-state index < -0.39 is 12.1 Å². The van der Waals surface area contributed by atoms with E-state index in [0.29, 0.717) is 12.5 Å². The number of carbonyl (C=O) groups excluding carboxylic acids is 1. The number of likely N-dealkylation sites (tertiary alicyclic amines) is 2. The van der Waals surface area contributed by atoms with Gasteiger partial charge in [0.2, 0.25) is 5.91 Å². The van der Waals surface area contributed by atoms with E-state index >= 15 is 0 Å². The van der Waals surface area contributed by atoms with Crippen LogP contribution in [0.5, 0.6) is 0 Å². The number of halogens is 3. The Labute approximate surface area is 178 Å². The van der Waals surface area contributed by atoms with Gasteiger partial charge in [0, 0.05) is 30.4 Å². The second kappa shape index (κ2) is 9.21. The number of hydrogen-bond acceptors (Lipinski definition) is 5. The molecule has 168 valence electrons. The summed E-state index contributed by atoms with van der Waals surface area (Å²) in [6.07, 6.45) is 3.09. The molecule has 3 fully saturated rings. The monoisotopic (exact) mass is 447 g/mol. The second-order valence-corrected chi connectivity index (χ2v) is 9.52. The van der Waals surface area contributed by atoms with Crippen molar-refractivity contribution < 1.29 is 27.9 Å². The standard InChI is InChI=1S/C18H27N3OS.C2HF3O2/c1-14-19-16(13-23-14)12-21-17(22)5-7-18(21)6-2-9-20(10-8-18)11-15-3-4-15;3-2(4,5)1(6)7/h13,15H,2-12H2,1H3;(H,6,7). The summed E-state index contributed by atoms with van der Waals surface area (Å²) in [5, 5.41) is 10.3. The van der Waals surface area contributed by atoms with Gasteiger partial charge in [-0.2, -0.15) is 13.2 Å². The van der Waals surface area contributed by atoms with E-state index in [2.05, 4.69) is 20.2 Å². The number of aryl methyl sites for hydroxylation is 1. The van der Waals surface area contributed by atoms with Gasteiger partial charge in [-0.15, -0.1) is 11.3 Å². The molecule has 6 nitrogen and oxygen atoms in total. The second-order valence-electron chi connectivity index (χ2n) is 8.46. The average Bonchev–Trinajstić information content (AvgIpc) is 3.36. The molecule has 0 radical (unpaired) electrons. The minimum atomic E-state index is -5.08. The Morgan fingerprint density at radius 2 is 2.00 bits per heavy atom. The number of carboxylic acid groups (broad SMARTS) is 1. The highest BCUT2D eigenvalue weighted by Gasteiger charge is 2.46. The van der Waals surface area contributed by atoms with Crippen LogP contribution < -0.4 is 0 Å². The number of alkyl halides is 3. The topological polar surface area (TPSA) is 73.7 Å². The highest BCUT2D eigenvalue weighted by molar-refractivity contribution is 7.09. The molecule has 1 saturated carbocycles. The van der Waals surface area contributed by atoms with Gasteiger partial charge in [0.1, 0.15) is 0 Å². The molecule has 1 spiro atoms. The summed E-state index contributed by atoms with van der Waals surface area (Å²) < 4.78 is 31.7. The number of nitrogens with zero attached hydrogens (tertiary/aromatic N) is 3. The molecule has 2 aliphatic heterocycles. The zero-order valence-electron chi connectivity index (χ0n) is 17.1. The SMILES string of the molecule is Cc1nc(CN2C(=O)CCC23CCCN(CC2CC2)CC3)cs1.O=C(O)C(F)(F)F. The van der Waals surface area contributed by atoms with Gasteiger partial charge in [-0.3, -0.25) is 4.79 Å². The Bertz CT molecular complexity index is 766. The van der Waals surface area contributed by atoms with Crippen LogP contribution in [0.1, 0.15) is 55.6 Å². The fourth-order valence-corrected chi connectivity index (χ4v) is 4.98. The van der Waals surface area contributed by atoms with Gasteiger partial charge in [0.25, 0.3) is 0 Å². The van der Waals surface area contributed by atoms with Crippen molar-refractivity contribution in [1.82, 2.24) is 14.8 Å². The smallest absolute Gasteiger partial charge is 0.475 e. The first-order valence-electron chi connectivity index (χ1n) is 10.3. The fourth-order valence-electron chi connectivity index (χ4n) is 4.38. The van der Waals surface area contributed by atoms with Gasteiger partial charge in [0.15, 0.2) is 0 Å². The van der Waals surface area contributed by atoms with Gasteiger partial charge < -0.3 is 14.9 Å². The van der Waals surface area contributed by atoms with Gasteiger partial charge in [-0.05, 0) is 57.9 Å². The van der Waals surface area contributed by atoms with Gasteiger partial charge >= 0.3 is 12.1 Å². The lowest BCUT2D eigenvalue weighted by atomic mass is 9.87. The van der Waals surface area contributed by atoms with Crippen molar-refractivity contribution in [2.45, 2.75) is 70.1 Å². The molecule has 4 rings (SSSR count). The molecule has 30 heavy (non-hydrogen) atoms. The number of aromatic nitrogens is 1. The molecule has 1 atom stereocenters. The van der Waals surface area contributed by atoms with Crippen LogP contribution in [0.3, 0.4) is 0 Å². The third kappa shape index (κ3) is 5.94. The zero-order valence-corrected chi connectivity index (χ0v) is 17.9. The number of carbonyl (C=O) groups is 2. The quantitative estimate of drug-likeness (QED) is 0.759. The summed E-state index contributed by atoms with van der Waals surface area (Å²) in [4.78, 5) is 30.8. The van der Waals surface area contributed by atoms with Crippen LogP contribution in [0.25, 0.3) is 0 Å². The Balaban J connectivity index is 0.000000318. The minimum absolute atomic E-state index is 0.104. The summed E-state index contributed by atoms with van der Waals surface area (Å²) in [5.41, 5.74) is 1.17. The van der Waals surface area contributed by atoms with Crippen LogP contribution in [-0.4, -0.2) is 63.1 Å². The molecular weight excluding hydrogens is 419 g/mol. The van der Waals surface area contributed by atoms with Crippen LogP contribution in [0.15, 0.2) is 5.38 Å². The number of rotatable bonds is 4. The highest BCUT2D eigenvalue weighted by Crippen LogP contribution is 2.41. The first-order valence-corrected chi connectivity index (χ1v) is 11.2. The van der Waals surface area contributed by atoms with Crippen molar-refractivity contribution in [3.05, 3.63) is 16.1 Å². The molecule has 1 aliphatic carbocycles. The number of amides is 1. The average molecular weight is 448 g/mol. The molecule has 1 amide bonds. The van der Waals surface area contributed by atoms with E-state index in [1.165, 1.54) is 38.8 Å². The molecule has 1 aromatic rings. The number of carboxylic acids is 1. The summed E-state index contributed by atoms with van der Waals surface area (Å²) >= 11 is 1.69. The molecule has 0 aromatic carbocycles. The number of aliphatic carboxylic acids is 1. The maximum absolute atomic E-state index is 12.5. The molecule has 1 unspecified atom stereocenters. The highest BCUT2D eigenvalue weighted by atomic mass is 32.1. The first-order chi connectivity index (χ1) is 14.1. The van der Waals surface area contributed by atoms with Crippen LogP contribution >= 0.6 is 11.3 Å². The van der Waals surface area contributed by atoms with Crippen molar-refractivity contribution in [3.8, 4) is 0 Å². The van der Waals surface area contributed by atoms with Crippen molar-refractivity contribution in [2.24, 2.45) is 5.92 Å². The molecule has 1 aromatic heterocycles.